The molecule has 0 radical (unpaired) electrons. The Balaban J connectivity index is 2.17. The van der Waals surface area contributed by atoms with Crippen molar-refractivity contribution in [1.82, 2.24) is 9.88 Å². The van der Waals surface area contributed by atoms with Gasteiger partial charge in [-0.05, 0) is 13.0 Å². The largest absolute Gasteiger partial charge is 0.470 e. The fourth-order valence-corrected chi connectivity index (χ4v) is 1.71. The molecule has 1 saturated heterocycles. The van der Waals surface area contributed by atoms with Crippen molar-refractivity contribution < 1.29 is 14.3 Å². The Kier molecular flexibility index (Phi) is 2.63. The molecule has 1 N–H and O–H groups in total. The summed E-state index contributed by atoms with van der Waals surface area (Å²) in [6.07, 6.45) is 0. The van der Waals surface area contributed by atoms with E-state index in [1.807, 2.05) is 6.92 Å². The first-order valence-electron chi connectivity index (χ1n) is 5.19. The fourth-order valence-electron chi connectivity index (χ4n) is 1.71. The Morgan fingerprint density at radius 2 is 2.19 bits per heavy atom. The summed E-state index contributed by atoms with van der Waals surface area (Å²) in [6, 6.07) is 3.49. The summed E-state index contributed by atoms with van der Waals surface area (Å²) in [4.78, 5) is 11.4. The third kappa shape index (κ3) is 1.78. The van der Waals surface area contributed by atoms with Crippen molar-refractivity contribution in [3.63, 3.8) is 0 Å². The van der Waals surface area contributed by atoms with Crippen molar-refractivity contribution in [2.75, 3.05) is 20.2 Å². The minimum Gasteiger partial charge on any atom is -0.470 e. The molecule has 16 heavy (non-hydrogen) atoms. The van der Waals surface area contributed by atoms with Crippen molar-refractivity contribution in [3.05, 3.63) is 17.8 Å². The average molecular weight is 224 g/mol. The Morgan fingerprint density at radius 3 is 2.69 bits per heavy atom. The van der Waals surface area contributed by atoms with Crippen LogP contribution < -0.4 is 10.1 Å². The molecule has 0 aliphatic carbocycles. The number of rotatable bonds is 3. The Bertz CT molecular complexity index is 407. The van der Waals surface area contributed by atoms with Crippen molar-refractivity contribution in [2.24, 2.45) is 7.05 Å². The van der Waals surface area contributed by atoms with E-state index in [-0.39, 0.29) is 11.6 Å². The minimum atomic E-state index is -0.353. The number of ether oxygens (including phenoxy) is 2. The quantitative estimate of drug-likeness (QED) is 0.762. The van der Waals surface area contributed by atoms with E-state index in [2.05, 4.69) is 10.1 Å². The van der Waals surface area contributed by atoms with Crippen molar-refractivity contribution in [2.45, 2.75) is 12.5 Å². The summed E-state index contributed by atoms with van der Waals surface area (Å²) in [5, 5.41) is 3.16. The number of nitrogens with one attached hydrogen (secondary N) is 1. The number of hydrogen-bond acceptors (Lipinski definition) is 4. The first-order valence-corrected chi connectivity index (χ1v) is 5.19. The van der Waals surface area contributed by atoms with Gasteiger partial charge in [-0.25, -0.2) is 4.79 Å². The molecular formula is C11H16N2O3. The highest BCUT2D eigenvalue weighted by molar-refractivity contribution is 5.88. The monoisotopic (exact) mass is 224 g/mol. The van der Waals surface area contributed by atoms with Crippen molar-refractivity contribution >= 4 is 5.97 Å². The highest BCUT2D eigenvalue weighted by Crippen LogP contribution is 2.23. The predicted molar refractivity (Wildman–Crippen MR) is 58.7 cm³/mol. The standard InChI is InChI=1S/C11H16N2O3/c1-11(6-12-7-11)16-9-5-4-8(13(9)2)10(14)15-3/h4-5,12H,6-7H2,1-3H3. The normalized spacial score (nSPS) is 17.7. The molecule has 88 valence electrons. The molecule has 1 aliphatic rings. The van der Waals surface area contributed by atoms with Gasteiger partial charge in [-0.15, -0.1) is 0 Å². The SMILES string of the molecule is COC(=O)c1ccc(OC2(C)CNC2)n1C. The van der Waals surface area contributed by atoms with Crippen LogP contribution in [0.4, 0.5) is 0 Å². The molecule has 0 unspecified atom stereocenters. The molecule has 0 amide bonds. The highest BCUT2D eigenvalue weighted by atomic mass is 16.5. The van der Waals surface area contributed by atoms with Gasteiger partial charge >= 0.3 is 5.97 Å². The zero-order valence-corrected chi connectivity index (χ0v) is 9.74. The number of esters is 1. The van der Waals surface area contributed by atoms with Crippen LogP contribution in [0.2, 0.25) is 0 Å². The van der Waals surface area contributed by atoms with Crippen LogP contribution in [0, 0.1) is 0 Å². The lowest BCUT2D eigenvalue weighted by Crippen LogP contribution is -2.61. The lowest BCUT2D eigenvalue weighted by atomic mass is 10.0. The van der Waals surface area contributed by atoms with E-state index in [9.17, 15) is 4.79 Å². The van der Waals surface area contributed by atoms with E-state index in [0.717, 1.165) is 13.1 Å². The molecule has 5 heteroatoms. The smallest absolute Gasteiger partial charge is 0.354 e. The van der Waals surface area contributed by atoms with Crippen LogP contribution in [0.5, 0.6) is 5.88 Å². The van der Waals surface area contributed by atoms with E-state index in [0.29, 0.717) is 11.6 Å². The molecule has 1 aromatic rings. The first kappa shape index (κ1) is 11.0. The lowest BCUT2D eigenvalue weighted by Gasteiger charge is -2.39. The van der Waals surface area contributed by atoms with Crippen LogP contribution >= 0.6 is 0 Å². The molecule has 1 aliphatic heterocycles. The van der Waals surface area contributed by atoms with E-state index in [1.54, 1.807) is 23.7 Å². The number of aromatic nitrogens is 1. The van der Waals surface area contributed by atoms with Gasteiger partial charge in [0.05, 0.1) is 7.11 Å². The van der Waals surface area contributed by atoms with Crippen molar-refractivity contribution in [3.8, 4) is 5.88 Å². The van der Waals surface area contributed by atoms with E-state index >= 15 is 0 Å². The molecular weight excluding hydrogens is 208 g/mol. The summed E-state index contributed by atoms with van der Waals surface area (Å²) in [7, 11) is 3.16. The predicted octanol–water partition coefficient (Wildman–Crippen LogP) is 0.552. The summed E-state index contributed by atoms with van der Waals surface area (Å²) in [5.74, 6) is 0.332. The van der Waals surface area contributed by atoms with E-state index in [1.165, 1.54) is 7.11 Å². The van der Waals surface area contributed by atoms with Crippen LogP contribution in [0.3, 0.4) is 0 Å². The molecule has 0 spiro atoms. The lowest BCUT2D eigenvalue weighted by molar-refractivity contribution is 0.0268. The average Bonchev–Trinajstić information content (AvgIpc) is 2.57. The van der Waals surface area contributed by atoms with Gasteiger partial charge in [0, 0.05) is 26.2 Å². The van der Waals surface area contributed by atoms with Gasteiger partial charge in [0.1, 0.15) is 11.3 Å². The molecule has 5 nitrogen and oxygen atoms in total. The topological polar surface area (TPSA) is 52.5 Å². The van der Waals surface area contributed by atoms with Gasteiger partial charge < -0.3 is 19.4 Å². The van der Waals surface area contributed by atoms with Gasteiger partial charge in [-0.2, -0.15) is 0 Å². The maximum atomic E-state index is 11.4. The Hall–Kier alpha value is -1.49. The van der Waals surface area contributed by atoms with E-state index < -0.39 is 0 Å². The third-order valence-electron chi connectivity index (χ3n) is 2.82. The minimum absolute atomic E-state index is 0.167. The van der Waals surface area contributed by atoms with Crippen LogP contribution in [-0.2, 0) is 11.8 Å². The molecule has 0 aromatic carbocycles. The van der Waals surface area contributed by atoms with Gasteiger partial charge in [-0.1, -0.05) is 0 Å². The summed E-state index contributed by atoms with van der Waals surface area (Å²) >= 11 is 0. The van der Waals surface area contributed by atoms with E-state index in [4.69, 9.17) is 4.74 Å². The summed E-state index contributed by atoms with van der Waals surface area (Å²) in [5.41, 5.74) is 0.327. The molecule has 0 saturated carbocycles. The maximum absolute atomic E-state index is 11.4. The zero-order chi connectivity index (χ0) is 11.8. The number of methoxy groups -OCH3 is 1. The number of carbonyl (C=O) groups excluding carboxylic acids is 1. The summed E-state index contributed by atoms with van der Waals surface area (Å²) < 4.78 is 12.2. The number of nitrogens with zero attached hydrogens (tertiary/aromatic N) is 1. The number of carbonyl (C=O) groups is 1. The van der Waals surface area contributed by atoms with Gasteiger partial charge in [0.2, 0.25) is 0 Å². The van der Waals surface area contributed by atoms with Crippen LogP contribution in [-0.4, -0.2) is 36.3 Å². The van der Waals surface area contributed by atoms with Crippen LogP contribution in [0.25, 0.3) is 0 Å². The zero-order valence-electron chi connectivity index (χ0n) is 9.74. The summed E-state index contributed by atoms with van der Waals surface area (Å²) in [6.45, 7) is 3.69. The van der Waals surface area contributed by atoms with Gasteiger partial charge in [-0.3, -0.25) is 0 Å². The molecule has 0 bridgehead atoms. The Morgan fingerprint density at radius 1 is 1.50 bits per heavy atom. The third-order valence-corrected chi connectivity index (χ3v) is 2.82. The van der Waals surface area contributed by atoms with Crippen LogP contribution in [0.15, 0.2) is 12.1 Å². The highest BCUT2D eigenvalue weighted by Gasteiger charge is 2.34. The maximum Gasteiger partial charge on any atom is 0.354 e. The van der Waals surface area contributed by atoms with Gasteiger partial charge in [0.15, 0.2) is 5.88 Å². The molecule has 1 fully saturated rings. The van der Waals surface area contributed by atoms with Gasteiger partial charge in [0.25, 0.3) is 0 Å². The molecule has 0 atom stereocenters. The molecule has 2 heterocycles. The van der Waals surface area contributed by atoms with Crippen molar-refractivity contribution in [1.29, 1.82) is 0 Å². The number of hydrogen-bond donors (Lipinski definition) is 1. The Labute approximate surface area is 94.3 Å². The second kappa shape index (κ2) is 3.83. The second-order valence-corrected chi connectivity index (χ2v) is 4.26. The van der Waals surface area contributed by atoms with Crippen LogP contribution in [0.1, 0.15) is 17.4 Å². The molecule has 1 aromatic heterocycles. The molecule has 2 rings (SSSR count). The first-order chi connectivity index (χ1) is 7.56. The second-order valence-electron chi connectivity index (χ2n) is 4.26. The fraction of sp³-hybridized carbons (Fsp3) is 0.545.